The Bertz CT molecular complexity index is 359. The van der Waals surface area contributed by atoms with Crippen molar-refractivity contribution in [2.75, 3.05) is 32.2 Å². The van der Waals surface area contributed by atoms with Gasteiger partial charge in [-0.05, 0) is 18.9 Å². The van der Waals surface area contributed by atoms with Gasteiger partial charge in [0.15, 0.2) is 0 Å². The van der Waals surface area contributed by atoms with Crippen LogP contribution in [-0.2, 0) is 4.74 Å². The molecule has 0 spiro atoms. The molecule has 0 bridgehead atoms. The maximum atomic E-state index is 5.77. The van der Waals surface area contributed by atoms with Gasteiger partial charge in [-0.1, -0.05) is 20.3 Å². The fourth-order valence-corrected chi connectivity index (χ4v) is 1.38. The van der Waals surface area contributed by atoms with E-state index in [1.165, 1.54) is 0 Å². The highest BCUT2D eigenvalue weighted by atomic mass is 16.5. The lowest BCUT2D eigenvalue weighted by atomic mass is 10.4. The van der Waals surface area contributed by atoms with Crippen LogP contribution in [0.4, 0.5) is 5.69 Å². The molecule has 0 fully saturated rings. The van der Waals surface area contributed by atoms with Gasteiger partial charge in [0.05, 0.1) is 18.9 Å². The van der Waals surface area contributed by atoms with Crippen LogP contribution in [0.1, 0.15) is 33.1 Å². The van der Waals surface area contributed by atoms with Crippen molar-refractivity contribution < 1.29 is 14.2 Å². The van der Waals surface area contributed by atoms with E-state index >= 15 is 0 Å². The molecule has 0 aliphatic heterocycles. The first-order valence-corrected chi connectivity index (χ1v) is 6.87. The Hall–Kier alpha value is -1.49. The smallest absolute Gasteiger partial charge is 0.240 e. The molecule has 108 valence electrons. The zero-order chi connectivity index (χ0) is 13.9. The fourth-order valence-electron chi connectivity index (χ4n) is 1.38. The Morgan fingerprint density at radius 3 is 2.58 bits per heavy atom. The predicted octanol–water partition coefficient (Wildman–Crippen LogP) is 2.65. The number of hydrogen-bond donors (Lipinski definition) is 1. The molecule has 0 unspecified atom stereocenters. The molecule has 1 heterocycles. The number of nitrogens with two attached hydrogens (primary N) is 1. The van der Waals surface area contributed by atoms with Crippen molar-refractivity contribution in [1.82, 2.24) is 4.98 Å². The highest BCUT2D eigenvalue weighted by Gasteiger charge is 2.04. The van der Waals surface area contributed by atoms with Gasteiger partial charge in [0.1, 0.15) is 6.61 Å². The number of aromatic nitrogens is 1. The first kappa shape index (κ1) is 15.6. The van der Waals surface area contributed by atoms with Gasteiger partial charge in [0.25, 0.3) is 0 Å². The van der Waals surface area contributed by atoms with Crippen molar-refractivity contribution in [3.05, 3.63) is 12.1 Å². The summed E-state index contributed by atoms with van der Waals surface area (Å²) in [6.07, 6.45) is 3.13. The first-order chi connectivity index (χ1) is 9.27. The highest BCUT2D eigenvalue weighted by molar-refractivity contribution is 5.49. The van der Waals surface area contributed by atoms with Gasteiger partial charge < -0.3 is 19.9 Å². The van der Waals surface area contributed by atoms with Crippen LogP contribution < -0.4 is 15.2 Å². The second kappa shape index (κ2) is 9.44. The second-order valence-electron chi connectivity index (χ2n) is 4.21. The number of nitrogen functional groups attached to an aromatic ring is 1. The van der Waals surface area contributed by atoms with Gasteiger partial charge in [0.2, 0.25) is 11.8 Å². The van der Waals surface area contributed by atoms with E-state index in [0.29, 0.717) is 37.3 Å². The number of unbranched alkanes of at least 4 members (excludes halogenated alkanes) is 1. The normalized spacial score (nSPS) is 10.4. The lowest BCUT2D eigenvalue weighted by Crippen LogP contribution is -2.09. The zero-order valence-corrected chi connectivity index (χ0v) is 11.9. The number of hydrogen-bond acceptors (Lipinski definition) is 5. The van der Waals surface area contributed by atoms with Crippen molar-refractivity contribution >= 4 is 5.69 Å². The molecule has 1 aromatic rings. The van der Waals surface area contributed by atoms with E-state index in [1.807, 2.05) is 6.92 Å². The largest absolute Gasteiger partial charge is 0.476 e. The monoisotopic (exact) mass is 268 g/mol. The van der Waals surface area contributed by atoms with Gasteiger partial charge >= 0.3 is 0 Å². The predicted molar refractivity (Wildman–Crippen MR) is 75.7 cm³/mol. The van der Waals surface area contributed by atoms with E-state index in [1.54, 1.807) is 12.1 Å². The third-order valence-corrected chi connectivity index (χ3v) is 2.43. The van der Waals surface area contributed by atoms with E-state index in [2.05, 4.69) is 11.9 Å². The molecule has 0 amide bonds. The Morgan fingerprint density at radius 1 is 1.00 bits per heavy atom. The van der Waals surface area contributed by atoms with Gasteiger partial charge in [0, 0.05) is 12.7 Å². The molecule has 5 nitrogen and oxygen atoms in total. The summed E-state index contributed by atoms with van der Waals surface area (Å²) in [5, 5.41) is 0. The number of ether oxygens (including phenoxy) is 3. The Balaban J connectivity index is 2.33. The molecule has 5 heteroatoms. The lowest BCUT2D eigenvalue weighted by Gasteiger charge is -2.10. The Morgan fingerprint density at radius 2 is 1.84 bits per heavy atom. The van der Waals surface area contributed by atoms with Crippen LogP contribution in [0.25, 0.3) is 0 Å². The standard InChI is InChI=1S/C14H24N2O3/c1-3-5-9-17-10-11-18-13-7-6-12(15)14(16-13)19-8-4-2/h6-7H,3-5,8-11,15H2,1-2H3. The van der Waals surface area contributed by atoms with Crippen molar-refractivity contribution in [2.24, 2.45) is 0 Å². The molecule has 0 atom stereocenters. The SMILES string of the molecule is CCCCOCCOc1ccc(N)c(OCCC)n1. The molecule has 0 radical (unpaired) electrons. The molecule has 1 aromatic heterocycles. The van der Waals surface area contributed by atoms with Crippen molar-refractivity contribution in [3.8, 4) is 11.8 Å². The van der Waals surface area contributed by atoms with E-state index in [4.69, 9.17) is 19.9 Å². The van der Waals surface area contributed by atoms with E-state index < -0.39 is 0 Å². The zero-order valence-electron chi connectivity index (χ0n) is 11.9. The number of rotatable bonds is 10. The van der Waals surface area contributed by atoms with E-state index in [9.17, 15) is 0 Å². The molecule has 0 saturated heterocycles. The van der Waals surface area contributed by atoms with Crippen molar-refractivity contribution in [3.63, 3.8) is 0 Å². The summed E-state index contributed by atoms with van der Waals surface area (Å²) < 4.78 is 16.3. The molecule has 19 heavy (non-hydrogen) atoms. The molecular weight excluding hydrogens is 244 g/mol. The second-order valence-corrected chi connectivity index (χ2v) is 4.21. The maximum absolute atomic E-state index is 5.77. The summed E-state index contributed by atoms with van der Waals surface area (Å²) in [6, 6.07) is 3.48. The summed E-state index contributed by atoms with van der Waals surface area (Å²) in [5.74, 6) is 0.950. The van der Waals surface area contributed by atoms with Crippen LogP contribution in [0.5, 0.6) is 11.8 Å². The molecule has 0 saturated carbocycles. The fraction of sp³-hybridized carbons (Fsp3) is 0.643. The van der Waals surface area contributed by atoms with E-state index in [0.717, 1.165) is 25.9 Å². The van der Waals surface area contributed by atoms with Gasteiger partial charge in [-0.15, -0.1) is 0 Å². The van der Waals surface area contributed by atoms with Crippen LogP contribution in [0.2, 0.25) is 0 Å². The average molecular weight is 268 g/mol. The molecule has 0 aromatic carbocycles. The third-order valence-electron chi connectivity index (χ3n) is 2.43. The molecular formula is C14H24N2O3. The number of pyridine rings is 1. The van der Waals surface area contributed by atoms with Crippen LogP contribution in [0, 0.1) is 0 Å². The summed E-state index contributed by atoms with van der Waals surface area (Å²) in [6.45, 7) is 6.59. The van der Waals surface area contributed by atoms with Gasteiger partial charge in [-0.3, -0.25) is 0 Å². The minimum Gasteiger partial charge on any atom is -0.476 e. The molecule has 2 N–H and O–H groups in total. The number of anilines is 1. The Labute approximate surface area is 115 Å². The maximum Gasteiger partial charge on any atom is 0.240 e. The summed E-state index contributed by atoms with van der Waals surface area (Å²) in [5.41, 5.74) is 6.30. The van der Waals surface area contributed by atoms with E-state index in [-0.39, 0.29) is 0 Å². The van der Waals surface area contributed by atoms with Crippen LogP contribution in [0.15, 0.2) is 12.1 Å². The summed E-state index contributed by atoms with van der Waals surface area (Å²) in [7, 11) is 0. The van der Waals surface area contributed by atoms with Crippen molar-refractivity contribution in [2.45, 2.75) is 33.1 Å². The number of nitrogens with zero attached hydrogens (tertiary/aromatic N) is 1. The minimum absolute atomic E-state index is 0.436. The summed E-state index contributed by atoms with van der Waals surface area (Å²) in [4.78, 5) is 4.22. The van der Waals surface area contributed by atoms with Crippen LogP contribution >= 0.6 is 0 Å². The van der Waals surface area contributed by atoms with Crippen LogP contribution in [-0.4, -0.2) is 31.4 Å². The third kappa shape index (κ3) is 6.29. The molecule has 1 rings (SSSR count). The first-order valence-electron chi connectivity index (χ1n) is 6.87. The Kier molecular flexibility index (Phi) is 7.74. The minimum atomic E-state index is 0.436. The molecule has 0 aliphatic rings. The lowest BCUT2D eigenvalue weighted by molar-refractivity contribution is 0.0962. The quantitative estimate of drug-likeness (QED) is 0.661. The van der Waals surface area contributed by atoms with Crippen LogP contribution in [0.3, 0.4) is 0 Å². The average Bonchev–Trinajstić information content (AvgIpc) is 2.43. The van der Waals surface area contributed by atoms with Gasteiger partial charge in [-0.2, -0.15) is 4.98 Å². The summed E-state index contributed by atoms with van der Waals surface area (Å²) >= 11 is 0. The topological polar surface area (TPSA) is 66.6 Å². The molecule has 0 aliphatic carbocycles. The van der Waals surface area contributed by atoms with Gasteiger partial charge in [-0.25, -0.2) is 0 Å². The van der Waals surface area contributed by atoms with Crippen molar-refractivity contribution in [1.29, 1.82) is 0 Å². The highest BCUT2D eigenvalue weighted by Crippen LogP contribution is 2.22.